The van der Waals surface area contributed by atoms with Crippen LogP contribution in [-0.2, 0) is 4.79 Å². The van der Waals surface area contributed by atoms with Gasteiger partial charge in [0.2, 0.25) is 5.82 Å². The first-order valence-electron chi connectivity index (χ1n) is 12.2. The largest absolute Gasteiger partial charge is 0.497 e. The van der Waals surface area contributed by atoms with Gasteiger partial charge in [-0.05, 0) is 57.0 Å². The van der Waals surface area contributed by atoms with Gasteiger partial charge < -0.3 is 19.7 Å². The van der Waals surface area contributed by atoms with Gasteiger partial charge >= 0.3 is 5.97 Å². The quantitative estimate of drug-likeness (QED) is 0.327. The van der Waals surface area contributed by atoms with Crippen molar-refractivity contribution in [3.05, 3.63) is 64.6 Å². The average Bonchev–Trinajstić information content (AvgIpc) is 2.90. The smallest absolute Gasteiger partial charge is 0.309 e. The molecule has 2 aromatic carbocycles. The van der Waals surface area contributed by atoms with Crippen molar-refractivity contribution in [2.24, 2.45) is 5.41 Å². The average molecular weight is 553 g/mol. The Kier molecular flexibility index (Phi) is 8.64. The molecular weight excluding hydrogens is 525 g/mol. The topological polar surface area (TPSA) is 92.1 Å². The van der Waals surface area contributed by atoms with Gasteiger partial charge in [-0.15, -0.1) is 0 Å². The summed E-state index contributed by atoms with van der Waals surface area (Å²) >= 11 is 6.39. The Balaban J connectivity index is 1.37. The molecule has 0 unspecified atom stereocenters. The molecule has 0 radical (unpaired) electrons. The van der Waals surface area contributed by atoms with Crippen LogP contribution in [0.25, 0.3) is 10.9 Å². The number of aromatic nitrogens is 1. The molecule has 38 heavy (non-hydrogen) atoms. The van der Waals surface area contributed by atoms with Gasteiger partial charge in [0, 0.05) is 35.8 Å². The first-order chi connectivity index (χ1) is 18.1. The number of hydrogen-bond acceptors (Lipinski definition) is 6. The lowest BCUT2D eigenvalue weighted by molar-refractivity contribution is -0.153. The van der Waals surface area contributed by atoms with E-state index in [1.54, 1.807) is 18.2 Å². The van der Waals surface area contributed by atoms with E-state index in [1.165, 1.54) is 13.3 Å². The number of hydrogen-bond donors (Lipinski definition) is 2. The Morgan fingerprint density at radius 2 is 1.95 bits per heavy atom. The molecule has 3 aromatic rings. The van der Waals surface area contributed by atoms with Crippen LogP contribution in [0.1, 0.15) is 37.4 Å². The summed E-state index contributed by atoms with van der Waals surface area (Å²) in [4.78, 5) is 18.5. The summed E-state index contributed by atoms with van der Waals surface area (Å²) in [5.41, 5.74) is 0.0728. The summed E-state index contributed by atoms with van der Waals surface area (Å²) in [6.45, 7) is 1.18. The van der Waals surface area contributed by atoms with Crippen molar-refractivity contribution in [2.45, 2.75) is 31.8 Å². The molecule has 0 amide bonds. The number of aliphatic hydroxyl groups excluding tert-OH is 1. The molecule has 1 atom stereocenters. The highest BCUT2D eigenvalue weighted by Gasteiger charge is 2.41. The number of fused-ring (bicyclic) bond motifs is 1. The van der Waals surface area contributed by atoms with E-state index in [-0.39, 0.29) is 24.5 Å². The lowest BCUT2D eigenvalue weighted by Gasteiger charge is -2.39. The van der Waals surface area contributed by atoms with Crippen LogP contribution >= 0.6 is 11.6 Å². The van der Waals surface area contributed by atoms with Crippen molar-refractivity contribution in [1.29, 1.82) is 0 Å². The third-order valence-electron chi connectivity index (χ3n) is 7.19. The Hall–Kier alpha value is -3.08. The first-order valence-corrected chi connectivity index (χ1v) is 12.5. The Morgan fingerprint density at radius 3 is 2.63 bits per heavy atom. The fraction of sp³-hybridized carbons (Fsp3) is 0.407. The maximum atomic E-state index is 13.8. The number of benzene rings is 2. The number of halogens is 4. The van der Waals surface area contributed by atoms with Crippen LogP contribution in [0.3, 0.4) is 0 Å². The minimum Gasteiger partial charge on any atom is -0.497 e. The number of piperidine rings is 1. The van der Waals surface area contributed by atoms with Crippen LogP contribution in [0.2, 0.25) is 5.02 Å². The molecule has 1 aromatic heterocycles. The minimum absolute atomic E-state index is 0.0182. The molecule has 0 aliphatic carbocycles. The van der Waals surface area contributed by atoms with E-state index >= 15 is 0 Å². The van der Waals surface area contributed by atoms with E-state index in [9.17, 15) is 28.2 Å². The maximum absolute atomic E-state index is 13.8. The fourth-order valence-corrected chi connectivity index (χ4v) is 5.16. The SMILES string of the molecule is COc1ccc2ncc(Cl)c([C@@H](O)CCC3(C(=O)O)CCN(CCOc4cc(F)cc(F)c4F)CC3)c2c1. The standard InChI is InChI=1S/C27H28ClF3N2O5/c1-37-17-2-3-21-18(14-17)24(19(28)15-32-21)22(34)4-5-27(26(35)36)6-8-33(9-7-27)10-11-38-23-13-16(29)12-20(30)25(23)31/h2-3,12-15,22,34H,4-11H2,1H3,(H,35,36)/t22-/m0/s1. The second kappa shape index (κ2) is 11.8. The third-order valence-corrected chi connectivity index (χ3v) is 7.49. The normalized spacial score (nSPS) is 16.4. The Bertz CT molecular complexity index is 1320. The number of carboxylic acid groups (broad SMARTS) is 1. The van der Waals surface area contributed by atoms with Crippen molar-refractivity contribution < 1.29 is 37.7 Å². The summed E-state index contributed by atoms with van der Waals surface area (Å²) in [7, 11) is 1.53. The lowest BCUT2D eigenvalue weighted by atomic mass is 9.74. The second-order valence-corrected chi connectivity index (χ2v) is 9.84. The molecule has 0 saturated carbocycles. The molecule has 0 spiro atoms. The zero-order valence-electron chi connectivity index (χ0n) is 20.7. The third kappa shape index (κ3) is 5.98. The molecular formula is C27H28ClF3N2O5. The number of carboxylic acids is 1. The molecule has 7 nitrogen and oxygen atoms in total. The highest BCUT2D eigenvalue weighted by atomic mass is 35.5. The summed E-state index contributed by atoms with van der Waals surface area (Å²) in [5, 5.41) is 22.1. The predicted octanol–water partition coefficient (Wildman–Crippen LogP) is 5.37. The van der Waals surface area contributed by atoms with Gasteiger partial charge in [0.1, 0.15) is 18.2 Å². The number of rotatable bonds is 10. The van der Waals surface area contributed by atoms with Crippen LogP contribution in [-0.4, -0.2) is 59.4 Å². The van der Waals surface area contributed by atoms with E-state index < -0.39 is 40.7 Å². The Labute approximate surface area is 222 Å². The second-order valence-electron chi connectivity index (χ2n) is 9.43. The van der Waals surface area contributed by atoms with Crippen LogP contribution < -0.4 is 9.47 Å². The van der Waals surface area contributed by atoms with Gasteiger partial charge in [0.25, 0.3) is 0 Å². The van der Waals surface area contributed by atoms with Crippen molar-refractivity contribution in [3.8, 4) is 11.5 Å². The molecule has 1 saturated heterocycles. The monoisotopic (exact) mass is 552 g/mol. The van der Waals surface area contributed by atoms with E-state index in [1.807, 2.05) is 4.90 Å². The van der Waals surface area contributed by atoms with Crippen molar-refractivity contribution in [1.82, 2.24) is 9.88 Å². The summed E-state index contributed by atoms with van der Waals surface area (Å²) < 4.78 is 51.0. The molecule has 0 bridgehead atoms. The molecule has 2 heterocycles. The summed E-state index contributed by atoms with van der Waals surface area (Å²) in [6.07, 6.45) is 1.52. The highest BCUT2D eigenvalue weighted by molar-refractivity contribution is 6.32. The summed E-state index contributed by atoms with van der Waals surface area (Å²) in [6, 6.07) is 6.48. The molecule has 1 aliphatic heterocycles. The van der Waals surface area contributed by atoms with Gasteiger partial charge in [-0.25, -0.2) is 8.78 Å². The van der Waals surface area contributed by atoms with E-state index in [4.69, 9.17) is 21.1 Å². The molecule has 11 heteroatoms. The zero-order chi connectivity index (χ0) is 27.4. The van der Waals surface area contributed by atoms with E-state index in [2.05, 4.69) is 4.98 Å². The highest BCUT2D eigenvalue weighted by Crippen LogP contribution is 2.41. The van der Waals surface area contributed by atoms with Gasteiger partial charge in [-0.2, -0.15) is 4.39 Å². The lowest BCUT2D eigenvalue weighted by Crippen LogP contribution is -2.45. The van der Waals surface area contributed by atoms with Crippen molar-refractivity contribution in [2.75, 3.05) is 33.4 Å². The minimum atomic E-state index is -1.33. The fourth-order valence-electron chi connectivity index (χ4n) is 4.89. The Morgan fingerprint density at radius 1 is 1.21 bits per heavy atom. The van der Waals surface area contributed by atoms with Gasteiger partial charge in [-0.1, -0.05) is 11.6 Å². The molecule has 4 rings (SSSR count). The molecule has 204 valence electrons. The first kappa shape index (κ1) is 27.9. The van der Waals surface area contributed by atoms with Crippen molar-refractivity contribution in [3.63, 3.8) is 0 Å². The number of nitrogens with zero attached hydrogens (tertiary/aromatic N) is 2. The van der Waals surface area contributed by atoms with Gasteiger partial charge in [0.15, 0.2) is 11.6 Å². The van der Waals surface area contributed by atoms with Crippen LogP contribution in [0, 0.1) is 22.9 Å². The number of ether oxygens (including phenoxy) is 2. The van der Waals surface area contributed by atoms with Crippen LogP contribution in [0.15, 0.2) is 36.5 Å². The van der Waals surface area contributed by atoms with E-state index in [0.29, 0.717) is 60.8 Å². The van der Waals surface area contributed by atoms with Gasteiger partial charge in [0.05, 0.1) is 29.2 Å². The molecule has 1 fully saturated rings. The number of carbonyl (C=O) groups is 1. The van der Waals surface area contributed by atoms with E-state index in [0.717, 1.165) is 6.07 Å². The number of aliphatic hydroxyl groups is 1. The molecule has 1 aliphatic rings. The number of pyridine rings is 1. The summed E-state index contributed by atoms with van der Waals surface area (Å²) in [5.74, 6) is -4.39. The van der Waals surface area contributed by atoms with Gasteiger partial charge in [-0.3, -0.25) is 14.7 Å². The van der Waals surface area contributed by atoms with Crippen LogP contribution in [0.5, 0.6) is 11.5 Å². The zero-order valence-corrected chi connectivity index (χ0v) is 21.5. The maximum Gasteiger partial charge on any atom is 0.309 e. The number of likely N-dealkylation sites (tertiary alicyclic amines) is 1. The van der Waals surface area contributed by atoms with Crippen LogP contribution in [0.4, 0.5) is 13.2 Å². The predicted molar refractivity (Wildman–Crippen MR) is 135 cm³/mol. The molecule has 2 N–H and O–H groups in total. The number of aliphatic carboxylic acids is 1. The van der Waals surface area contributed by atoms with Crippen molar-refractivity contribution >= 4 is 28.5 Å². The number of methoxy groups -OCH3 is 1.